The van der Waals surface area contributed by atoms with Crippen LogP contribution < -0.4 is 5.32 Å². The summed E-state index contributed by atoms with van der Waals surface area (Å²) in [5.74, 6) is 0.682. The number of alkyl halides is 1. The van der Waals surface area contributed by atoms with Crippen molar-refractivity contribution in [3.8, 4) is 0 Å². The van der Waals surface area contributed by atoms with Crippen molar-refractivity contribution in [2.24, 2.45) is 13.0 Å². The highest BCUT2D eigenvalue weighted by atomic mass is 19.1. The Morgan fingerprint density at radius 1 is 1.34 bits per heavy atom. The highest BCUT2D eigenvalue weighted by Gasteiger charge is 2.25. The first kappa shape index (κ1) is 19.1. The number of hydrogen-bond donors (Lipinski definition) is 1. The zero-order valence-corrected chi connectivity index (χ0v) is 16.2. The normalized spacial score (nSPS) is 16.9. The fourth-order valence-corrected chi connectivity index (χ4v) is 3.52. The number of aromatic nitrogens is 6. The van der Waals surface area contributed by atoms with E-state index in [1.54, 1.807) is 28.2 Å². The molecule has 1 atom stereocenters. The molecule has 10 nitrogen and oxygen atoms in total. The Labute approximate surface area is 166 Å². The number of carbonyl (C=O) groups is 1. The molecule has 1 unspecified atom stereocenters. The van der Waals surface area contributed by atoms with Gasteiger partial charge < -0.3 is 15.0 Å². The summed E-state index contributed by atoms with van der Waals surface area (Å²) in [6, 6.07) is 0. The van der Waals surface area contributed by atoms with Crippen LogP contribution in [0.4, 0.5) is 20.8 Å². The second-order valence-electron chi connectivity index (χ2n) is 7.08. The summed E-state index contributed by atoms with van der Waals surface area (Å²) < 4.78 is 20.7. The van der Waals surface area contributed by atoms with Gasteiger partial charge in [0.05, 0.1) is 23.5 Å². The summed E-state index contributed by atoms with van der Waals surface area (Å²) in [4.78, 5) is 22.6. The van der Waals surface area contributed by atoms with Crippen LogP contribution in [-0.4, -0.2) is 66.9 Å². The maximum atomic E-state index is 12.2. The number of anilines is 2. The van der Waals surface area contributed by atoms with E-state index in [-0.39, 0.29) is 12.5 Å². The van der Waals surface area contributed by atoms with E-state index >= 15 is 0 Å². The molecule has 0 aliphatic carbocycles. The summed E-state index contributed by atoms with van der Waals surface area (Å²) in [6.45, 7) is 0.936. The van der Waals surface area contributed by atoms with Gasteiger partial charge in [0.2, 0.25) is 5.95 Å². The lowest BCUT2D eigenvalue weighted by molar-refractivity contribution is 0.0772. The molecule has 3 aromatic rings. The molecule has 11 heteroatoms. The number of piperidine rings is 1. The van der Waals surface area contributed by atoms with E-state index in [4.69, 9.17) is 4.74 Å². The number of amides is 1. The molecule has 1 aliphatic rings. The minimum absolute atomic E-state index is 0.201. The molecule has 29 heavy (non-hydrogen) atoms. The Balaban J connectivity index is 1.46. The fraction of sp³-hybridized carbons (Fsp3) is 0.500. The molecule has 154 valence electrons. The summed E-state index contributed by atoms with van der Waals surface area (Å²) in [7, 11) is 1.84. The van der Waals surface area contributed by atoms with Crippen molar-refractivity contribution in [1.82, 2.24) is 34.4 Å². The molecule has 4 heterocycles. The number of likely N-dealkylation sites (tertiary alicyclic amines) is 1. The zero-order valence-electron chi connectivity index (χ0n) is 16.2. The first-order valence-electron chi connectivity index (χ1n) is 9.54. The third-order valence-corrected chi connectivity index (χ3v) is 4.85. The van der Waals surface area contributed by atoms with Gasteiger partial charge in [0.25, 0.3) is 0 Å². The smallest absolute Gasteiger partial charge is 0.409 e. The van der Waals surface area contributed by atoms with Crippen LogP contribution in [0.15, 0.2) is 24.8 Å². The van der Waals surface area contributed by atoms with E-state index in [0.29, 0.717) is 25.6 Å². The molecule has 1 aliphatic heterocycles. The van der Waals surface area contributed by atoms with Crippen LogP contribution in [0.3, 0.4) is 0 Å². The predicted octanol–water partition coefficient (Wildman–Crippen LogP) is 2.12. The van der Waals surface area contributed by atoms with Gasteiger partial charge in [0.15, 0.2) is 5.65 Å². The van der Waals surface area contributed by atoms with Crippen LogP contribution in [0, 0.1) is 5.92 Å². The van der Waals surface area contributed by atoms with E-state index in [0.717, 1.165) is 29.6 Å². The van der Waals surface area contributed by atoms with Crippen molar-refractivity contribution in [1.29, 1.82) is 0 Å². The largest absolute Gasteiger partial charge is 0.447 e. The van der Waals surface area contributed by atoms with E-state index in [1.807, 2.05) is 17.9 Å². The first-order chi connectivity index (χ1) is 14.1. The Morgan fingerprint density at radius 3 is 3.03 bits per heavy atom. The van der Waals surface area contributed by atoms with Crippen LogP contribution in [0.5, 0.6) is 0 Å². The standard InChI is InChI=1S/C18H23FN8O2/c1-25-12-15(9-21-25)23-17-20-7-14-8-22-27(16(14)24-17)11-13-3-2-5-26(10-13)18(28)29-6-4-19/h7-9,12-13H,2-6,10-11H2,1H3,(H,20,23,24). The fourth-order valence-electron chi connectivity index (χ4n) is 3.52. The quantitative estimate of drug-likeness (QED) is 0.674. The van der Waals surface area contributed by atoms with Gasteiger partial charge in [-0.25, -0.2) is 18.9 Å². The van der Waals surface area contributed by atoms with E-state index in [2.05, 4.69) is 25.5 Å². The third-order valence-electron chi connectivity index (χ3n) is 4.85. The van der Waals surface area contributed by atoms with E-state index in [1.165, 1.54) is 0 Å². The molecule has 0 radical (unpaired) electrons. The second kappa shape index (κ2) is 8.41. The summed E-state index contributed by atoms with van der Waals surface area (Å²) >= 11 is 0. The molecule has 1 saturated heterocycles. The summed E-state index contributed by atoms with van der Waals surface area (Å²) in [5.41, 5.74) is 1.52. The van der Waals surface area contributed by atoms with Gasteiger partial charge >= 0.3 is 6.09 Å². The minimum atomic E-state index is -0.669. The third kappa shape index (κ3) is 4.44. The Hall–Kier alpha value is -3.24. The molecular weight excluding hydrogens is 379 g/mol. The molecular formula is C18H23FN8O2. The SMILES string of the molecule is Cn1cc(Nc2ncc3cnn(CC4CCCN(C(=O)OCCF)C4)c3n2)cn1. The average Bonchev–Trinajstić information content (AvgIpc) is 3.32. The van der Waals surface area contributed by atoms with Crippen molar-refractivity contribution in [3.63, 3.8) is 0 Å². The van der Waals surface area contributed by atoms with Crippen LogP contribution >= 0.6 is 0 Å². The van der Waals surface area contributed by atoms with E-state index in [9.17, 15) is 9.18 Å². The lowest BCUT2D eigenvalue weighted by atomic mass is 9.98. The maximum Gasteiger partial charge on any atom is 0.409 e. The number of nitrogens with zero attached hydrogens (tertiary/aromatic N) is 7. The Bertz CT molecular complexity index is 987. The number of nitrogens with one attached hydrogen (secondary N) is 1. The molecule has 4 rings (SSSR count). The molecule has 0 aromatic carbocycles. The molecule has 0 bridgehead atoms. The molecule has 1 fully saturated rings. The number of hydrogen-bond acceptors (Lipinski definition) is 7. The number of fused-ring (bicyclic) bond motifs is 1. The van der Waals surface area contributed by atoms with Gasteiger partial charge in [0, 0.05) is 39.1 Å². The van der Waals surface area contributed by atoms with Crippen molar-refractivity contribution >= 4 is 28.8 Å². The summed E-state index contributed by atoms with van der Waals surface area (Å²) in [5, 5.41) is 12.5. The Kier molecular flexibility index (Phi) is 5.54. The van der Waals surface area contributed by atoms with E-state index < -0.39 is 12.8 Å². The van der Waals surface area contributed by atoms with Crippen LogP contribution in [0.2, 0.25) is 0 Å². The highest BCUT2D eigenvalue weighted by molar-refractivity contribution is 5.75. The number of aryl methyl sites for hydroxylation is 1. The number of rotatable bonds is 6. The summed E-state index contributed by atoms with van der Waals surface area (Å²) in [6.07, 6.45) is 8.39. The molecule has 0 saturated carbocycles. The van der Waals surface area contributed by atoms with Gasteiger partial charge in [-0.2, -0.15) is 15.2 Å². The lowest BCUT2D eigenvalue weighted by Crippen LogP contribution is -2.41. The van der Waals surface area contributed by atoms with Gasteiger partial charge in [-0.15, -0.1) is 0 Å². The van der Waals surface area contributed by atoms with Gasteiger partial charge in [-0.05, 0) is 18.8 Å². The molecule has 1 N–H and O–H groups in total. The number of carbonyl (C=O) groups excluding carboxylic acids is 1. The van der Waals surface area contributed by atoms with Crippen LogP contribution in [0.1, 0.15) is 12.8 Å². The number of ether oxygens (including phenoxy) is 1. The van der Waals surface area contributed by atoms with Crippen molar-refractivity contribution in [3.05, 3.63) is 24.8 Å². The van der Waals surface area contributed by atoms with Crippen molar-refractivity contribution < 1.29 is 13.9 Å². The first-order valence-corrected chi connectivity index (χ1v) is 9.54. The highest BCUT2D eigenvalue weighted by Crippen LogP contribution is 2.22. The second-order valence-corrected chi connectivity index (χ2v) is 7.08. The molecule has 3 aromatic heterocycles. The van der Waals surface area contributed by atoms with Crippen LogP contribution in [-0.2, 0) is 18.3 Å². The molecule has 1 amide bonds. The van der Waals surface area contributed by atoms with Gasteiger partial charge in [-0.3, -0.25) is 4.68 Å². The van der Waals surface area contributed by atoms with Gasteiger partial charge in [0.1, 0.15) is 13.3 Å². The predicted molar refractivity (Wildman–Crippen MR) is 103 cm³/mol. The zero-order chi connectivity index (χ0) is 20.2. The topological polar surface area (TPSA) is 103 Å². The maximum absolute atomic E-state index is 12.2. The van der Waals surface area contributed by atoms with Gasteiger partial charge in [-0.1, -0.05) is 0 Å². The monoisotopic (exact) mass is 402 g/mol. The average molecular weight is 402 g/mol. The van der Waals surface area contributed by atoms with Crippen molar-refractivity contribution in [2.45, 2.75) is 19.4 Å². The lowest BCUT2D eigenvalue weighted by Gasteiger charge is -2.31. The number of halogens is 1. The molecule has 0 spiro atoms. The minimum Gasteiger partial charge on any atom is -0.447 e. The Morgan fingerprint density at radius 2 is 2.24 bits per heavy atom. The van der Waals surface area contributed by atoms with Crippen LogP contribution in [0.25, 0.3) is 11.0 Å². The van der Waals surface area contributed by atoms with Crippen molar-refractivity contribution in [2.75, 3.05) is 31.7 Å².